The van der Waals surface area contributed by atoms with Gasteiger partial charge < -0.3 is 31.3 Å². The van der Waals surface area contributed by atoms with Crippen LogP contribution in [-0.2, 0) is 14.4 Å². The predicted molar refractivity (Wildman–Crippen MR) is 138 cm³/mol. The largest absolute Gasteiger partial charge is 0.394 e. The Hall–Kier alpha value is -2.36. The first-order valence-electron chi connectivity index (χ1n) is 13.1. The average Bonchev–Trinajstić information content (AvgIpc) is 3.35. The van der Waals surface area contributed by atoms with Crippen molar-refractivity contribution in [1.29, 1.82) is 0 Å². The van der Waals surface area contributed by atoms with E-state index in [0.29, 0.717) is 32.4 Å². The van der Waals surface area contributed by atoms with E-state index in [9.17, 15) is 24.3 Å². The number of rotatable bonds is 8. The first-order chi connectivity index (χ1) is 16.5. The molecule has 0 aliphatic carbocycles. The molecule has 0 bridgehead atoms. The standard InChI is InChI=1S/C26H47N5O5/c1-15(2)18-10-12-31(23(35)20(25(3,4)5)29-24(36)30-26(6,7)8)19(18)22(34)28-17(14-32)13-16-9-11-27-21(16)33/h15-20,32H,9-14H2,1-8H3,(H,27,33)(H,28,34)(H2,29,30,36)/t16-,17-,18+,19-,20+/m0/s1. The molecule has 0 radical (unpaired) electrons. The third-order valence-electron chi connectivity index (χ3n) is 7.03. The van der Waals surface area contributed by atoms with Gasteiger partial charge in [0.2, 0.25) is 17.7 Å². The van der Waals surface area contributed by atoms with Crippen LogP contribution >= 0.6 is 0 Å². The normalized spacial score (nSPS) is 24.3. The summed E-state index contributed by atoms with van der Waals surface area (Å²) in [5.74, 6) is -0.855. The van der Waals surface area contributed by atoms with Gasteiger partial charge in [-0.2, -0.15) is 0 Å². The van der Waals surface area contributed by atoms with Crippen LogP contribution < -0.4 is 21.3 Å². The molecule has 2 heterocycles. The van der Waals surface area contributed by atoms with E-state index < -0.39 is 35.1 Å². The van der Waals surface area contributed by atoms with Crippen molar-refractivity contribution in [1.82, 2.24) is 26.2 Å². The zero-order valence-corrected chi connectivity index (χ0v) is 23.2. The van der Waals surface area contributed by atoms with Crippen molar-refractivity contribution < 1.29 is 24.3 Å². The van der Waals surface area contributed by atoms with E-state index in [1.54, 1.807) is 4.90 Å². The van der Waals surface area contributed by atoms with E-state index in [1.807, 2.05) is 55.4 Å². The summed E-state index contributed by atoms with van der Waals surface area (Å²) in [5, 5.41) is 21.3. The number of amides is 5. The number of carbonyl (C=O) groups excluding carboxylic acids is 4. The lowest BCUT2D eigenvalue weighted by molar-refractivity contribution is -0.143. The van der Waals surface area contributed by atoms with E-state index in [-0.39, 0.29) is 42.1 Å². The maximum Gasteiger partial charge on any atom is 0.315 e. The third-order valence-corrected chi connectivity index (χ3v) is 7.03. The molecule has 10 heteroatoms. The molecule has 0 aromatic carbocycles. The number of hydrogen-bond donors (Lipinski definition) is 5. The number of nitrogens with one attached hydrogen (secondary N) is 4. The molecule has 2 fully saturated rings. The van der Waals surface area contributed by atoms with Crippen LogP contribution in [0.1, 0.15) is 74.7 Å². The summed E-state index contributed by atoms with van der Waals surface area (Å²) in [6.45, 7) is 16.0. The summed E-state index contributed by atoms with van der Waals surface area (Å²) in [5.41, 5.74) is -1.06. The second-order valence-corrected chi connectivity index (χ2v) is 12.7. The number of urea groups is 1. The monoisotopic (exact) mass is 509 g/mol. The Balaban J connectivity index is 2.24. The molecule has 0 aromatic heterocycles. The Morgan fingerprint density at radius 3 is 2.19 bits per heavy atom. The molecule has 5 N–H and O–H groups in total. The SMILES string of the molecule is CC(C)[C@H]1CCN(C(=O)[C@@H](NC(=O)NC(C)(C)C)C(C)(C)C)[C@@H]1C(=O)N[C@H](CO)C[C@@H]1CCNC1=O. The molecule has 0 saturated carbocycles. The van der Waals surface area contributed by atoms with Gasteiger partial charge >= 0.3 is 6.03 Å². The highest BCUT2D eigenvalue weighted by atomic mass is 16.3. The lowest BCUT2D eigenvalue weighted by atomic mass is 9.84. The smallest absolute Gasteiger partial charge is 0.315 e. The Morgan fingerprint density at radius 1 is 1.08 bits per heavy atom. The summed E-state index contributed by atoms with van der Waals surface area (Å²) in [7, 11) is 0. The van der Waals surface area contributed by atoms with Crippen molar-refractivity contribution in [2.24, 2.45) is 23.2 Å². The molecule has 0 spiro atoms. The minimum atomic E-state index is -0.836. The van der Waals surface area contributed by atoms with Gasteiger partial charge in [0.25, 0.3) is 0 Å². The second kappa shape index (κ2) is 11.8. The van der Waals surface area contributed by atoms with E-state index in [1.165, 1.54) is 0 Å². The van der Waals surface area contributed by atoms with Crippen LogP contribution in [0.5, 0.6) is 0 Å². The maximum atomic E-state index is 13.9. The first-order valence-corrected chi connectivity index (χ1v) is 13.1. The minimum Gasteiger partial charge on any atom is -0.394 e. The molecular formula is C26H47N5O5. The van der Waals surface area contributed by atoms with Crippen LogP contribution in [0.4, 0.5) is 4.79 Å². The summed E-state index contributed by atoms with van der Waals surface area (Å²) in [6.07, 6.45) is 1.69. The summed E-state index contributed by atoms with van der Waals surface area (Å²) in [6, 6.07) is -2.57. The molecule has 10 nitrogen and oxygen atoms in total. The Morgan fingerprint density at radius 2 is 1.72 bits per heavy atom. The van der Waals surface area contributed by atoms with Gasteiger partial charge in [0.15, 0.2) is 0 Å². The average molecular weight is 510 g/mol. The summed E-state index contributed by atoms with van der Waals surface area (Å²) in [4.78, 5) is 53.7. The van der Waals surface area contributed by atoms with Crippen LogP contribution in [0.15, 0.2) is 0 Å². The van der Waals surface area contributed by atoms with Crippen LogP contribution in [0.3, 0.4) is 0 Å². The number of likely N-dealkylation sites (tertiary alicyclic amines) is 1. The Labute approximate surface area is 215 Å². The van der Waals surface area contributed by atoms with Crippen LogP contribution in [0.2, 0.25) is 0 Å². The van der Waals surface area contributed by atoms with Gasteiger partial charge in [-0.25, -0.2) is 4.79 Å². The van der Waals surface area contributed by atoms with Gasteiger partial charge in [-0.15, -0.1) is 0 Å². The molecule has 2 saturated heterocycles. The highest BCUT2D eigenvalue weighted by Crippen LogP contribution is 2.33. The fourth-order valence-electron chi connectivity index (χ4n) is 5.10. The van der Waals surface area contributed by atoms with Gasteiger partial charge in [0.1, 0.15) is 12.1 Å². The topological polar surface area (TPSA) is 140 Å². The molecule has 2 aliphatic rings. The minimum absolute atomic E-state index is 0.0620. The highest BCUT2D eigenvalue weighted by Gasteiger charge is 2.47. The lowest BCUT2D eigenvalue weighted by Gasteiger charge is -2.37. The number of hydrogen-bond acceptors (Lipinski definition) is 5. The zero-order chi connectivity index (χ0) is 27.4. The van der Waals surface area contributed by atoms with Crippen molar-refractivity contribution in [2.45, 2.75) is 98.3 Å². The van der Waals surface area contributed by atoms with E-state index in [4.69, 9.17) is 0 Å². The summed E-state index contributed by atoms with van der Waals surface area (Å²) >= 11 is 0. The molecule has 0 unspecified atom stereocenters. The van der Waals surface area contributed by atoms with Crippen LogP contribution in [0.25, 0.3) is 0 Å². The van der Waals surface area contributed by atoms with Gasteiger partial charge in [-0.05, 0) is 57.3 Å². The molecule has 0 aromatic rings. The van der Waals surface area contributed by atoms with E-state index in [0.717, 1.165) is 0 Å². The molecule has 5 atom stereocenters. The number of aliphatic hydroxyl groups is 1. The predicted octanol–water partition coefficient (Wildman–Crippen LogP) is 1.38. The van der Waals surface area contributed by atoms with Gasteiger partial charge in [0.05, 0.1) is 12.6 Å². The van der Waals surface area contributed by atoms with Gasteiger partial charge in [-0.1, -0.05) is 34.6 Å². The van der Waals surface area contributed by atoms with Gasteiger partial charge in [-0.3, -0.25) is 14.4 Å². The highest BCUT2D eigenvalue weighted by molar-refractivity contribution is 5.93. The lowest BCUT2D eigenvalue weighted by Crippen LogP contribution is -2.61. The molecular weight excluding hydrogens is 462 g/mol. The number of nitrogens with zero attached hydrogens (tertiary/aromatic N) is 1. The van der Waals surface area contributed by atoms with Crippen molar-refractivity contribution in [3.05, 3.63) is 0 Å². The quantitative estimate of drug-likeness (QED) is 0.336. The van der Waals surface area contributed by atoms with E-state index in [2.05, 4.69) is 21.3 Å². The Kier molecular flexibility index (Phi) is 9.78. The maximum absolute atomic E-state index is 13.9. The second-order valence-electron chi connectivity index (χ2n) is 12.7. The van der Waals surface area contributed by atoms with Crippen molar-refractivity contribution in [3.63, 3.8) is 0 Å². The summed E-state index contributed by atoms with van der Waals surface area (Å²) < 4.78 is 0. The van der Waals surface area contributed by atoms with E-state index >= 15 is 0 Å². The van der Waals surface area contributed by atoms with Crippen LogP contribution in [0, 0.1) is 23.2 Å². The molecule has 2 rings (SSSR count). The number of aliphatic hydroxyl groups excluding tert-OH is 1. The van der Waals surface area contributed by atoms with Crippen LogP contribution in [-0.4, -0.2) is 77.1 Å². The molecule has 2 aliphatic heterocycles. The van der Waals surface area contributed by atoms with Crippen molar-refractivity contribution in [3.8, 4) is 0 Å². The van der Waals surface area contributed by atoms with Gasteiger partial charge in [0, 0.05) is 24.5 Å². The Bertz CT molecular complexity index is 817. The molecule has 206 valence electrons. The fourth-order valence-corrected chi connectivity index (χ4v) is 5.10. The van der Waals surface area contributed by atoms with Crippen molar-refractivity contribution in [2.75, 3.05) is 19.7 Å². The van der Waals surface area contributed by atoms with Crippen molar-refractivity contribution >= 4 is 23.8 Å². The molecule has 5 amide bonds. The zero-order valence-electron chi connectivity index (χ0n) is 23.2. The first kappa shape index (κ1) is 29.9. The fraction of sp³-hybridized carbons (Fsp3) is 0.846. The number of carbonyl (C=O) groups is 4. The molecule has 36 heavy (non-hydrogen) atoms. The third kappa shape index (κ3) is 7.82.